The number of aliphatic hydroxyl groups is 1. The van der Waals surface area contributed by atoms with Gasteiger partial charge in [-0.25, -0.2) is 4.79 Å². The molecule has 5 heteroatoms. The molecular formula is C9H20N2O3. The van der Waals surface area contributed by atoms with Crippen molar-refractivity contribution in [2.45, 2.75) is 38.8 Å². The van der Waals surface area contributed by atoms with E-state index in [0.717, 1.165) is 0 Å². The quantitative estimate of drug-likeness (QED) is 0.611. The van der Waals surface area contributed by atoms with Crippen LogP contribution in [0.4, 0.5) is 4.79 Å². The summed E-state index contributed by atoms with van der Waals surface area (Å²) in [6.45, 7) is 5.92. The topological polar surface area (TPSA) is 84.6 Å². The van der Waals surface area contributed by atoms with Crippen molar-refractivity contribution in [1.82, 2.24) is 5.32 Å². The highest BCUT2D eigenvalue weighted by atomic mass is 16.6. The van der Waals surface area contributed by atoms with Crippen LogP contribution in [0.5, 0.6) is 0 Å². The van der Waals surface area contributed by atoms with Crippen molar-refractivity contribution >= 4 is 6.09 Å². The van der Waals surface area contributed by atoms with E-state index >= 15 is 0 Å². The number of carbonyl (C=O) groups excluding carboxylic acids is 1. The molecule has 0 aromatic heterocycles. The second-order valence-electron chi connectivity index (χ2n) is 4.20. The van der Waals surface area contributed by atoms with Gasteiger partial charge in [0.2, 0.25) is 0 Å². The minimum Gasteiger partial charge on any atom is -0.447 e. The smallest absolute Gasteiger partial charge is 0.407 e. The largest absolute Gasteiger partial charge is 0.447 e. The number of rotatable bonds is 4. The second-order valence-corrected chi connectivity index (χ2v) is 4.20. The fourth-order valence-corrected chi connectivity index (χ4v) is 0.790. The Kier molecular flexibility index (Phi) is 5.49. The Morgan fingerprint density at radius 1 is 1.57 bits per heavy atom. The van der Waals surface area contributed by atoms with Gasteiger partial charge in [-0.2, -0.15) is 0 Å². The first-order valence-corrected chi connectivity index (χ1v) is 4.68. The summed E-state index contributed by atoms with van der Waals surface area (Å²) >= 11 is 0. The van der Waals surface area contributed by atoms with Crippen molar-refractivity contribution in [1.29, 1.82) is 0 Å². The van der Waals surface area contributed by atoms with Crippen molar-refractivity contribution in [2.75, 3.05) is 13.2 Å². The van der Waals surface area contributed by atoms with Gasteiger partial charge in [0.25, 0.3) is 0 Å². The molecule has 0 heterocycles. The van der Waals surface area contributed by atoms with Crippen molar-refractivity contribution in [2.24, 2.45) is 5.73 Å². The number of aliphatic hydroxyl groups excluding tert-OH is 1. The van der Waals surface area contributed by atoms with E-state index in [9.17, 15) is 9.90 Å². The van der Waals surface area contributed by atoms with E-state index in [1.54, 1.807) is 0 Å². The Balaban J connectivity index is 3.64. The fraction of sp³-hybridized carbons (Fsp3) is 0.889. The van der Waals surface area contributed by atoms with Gasteiger partial charge in [-0.15, -0.1) is 0 Å². The Labute approximate surface area is 84.6 Å². The standard InChI is InChI=1S/C9H20N2O3/c1-9(2,3)11-8(13)14-6-7(12)4-5-10/h7,12H,4-6,10H2,1-3H3,(H,11,13). The molecule has 0 aliphatic carbocycles. The zero-order chi connectivity index (χ0) is 11.2. The minimum atomic E-state index is -0.675. The molecule has 0 aromatic carbocycles. The molecule has 0 rings (SSSR count). The lowest BCUT2D eigenvalue weighted by Gasteiger charge is -2.20. The maximum Gasteiger partial charge on any atom is 0.407 e. The third kappa shape index (κ3) is 7.82. The summed E-state index contributed by atoms with van der Waals surface area (Å²) in [5, 5.41) is 11.8. The highest BCUT2D eigenvalue weighted by Gasteiger charge is 2.15. The number of hydrogen-bond donors (Lipinski definition) is 3. The minimum absolute atomic E-state index is 0.0148. The lowest BCUT2D eigenvalue weighted by Crippen LogP contribution is -2.41. The highest BCUT2D eigenvalue weighted by molar-refractivity contribution is 5.68. The van der Waals surface area contributed by atoms with Gasteiger partial charge in [0, 0.05) is 5.54 Å². The van der Waals surface area contributed by atoms with Crippen LogP contribution in [0.15, 0.2) is 0 Å². The van der Waals surface area contributed by atoms with Crippen LogP contribution in [-0.4, -0.2) is 36.0 Å². The lowest BCUT2D eigenvalue weighted by molar-refractivity contribution is 0.0618. The number of hydrogen-bond acceptors (Lipinski definition) is 4. The summed E-state index contributed by atoms with van der Waals surface area (Å²) in [6, 6.07) is 0. The van der Waals surface area contributed by atoms with E-state index in [1.165, 1.54) is 0 Å². The first-order valence-electron chi connectivity index (χ1n) is 4.68. The van der Waals surface area contributed by atoms with E-state index in [2.05, 4.69) is 5.32 Å². The SMILES string of the molecule is CC(C)(C)NC(=O)OCC(O)CCN. The number of amides is 1. The van der Waals surface area contributed by atoms with Gasteiger partial charge >= 0.3 is 6.09 Å². The van der Waals surface area contributed by atoms with E-state index in [0.29, 0.717) is 13.0 Å². The third-order valence-electron chi connectivity index (χ3n) is 1.38. The summed E-state index contributed by atoms with van der Waals surface area (Å²) in [7, 11) is 0. The molecule has 0 radical (unpaired) electrons. The van der Waals surface area contributed by atoms with E-state index in [4.69, 9.17) is 10.5 Å². The molecule has 0 aromatic rings. The Bertz CT molecular complexity index is 177. The van der Waals surface area contributed by atoms with E-state index in [1.807, 2.05) is 20.8 Å². The normalized spacial score (nSPS) is 13.5. The molecule has 0 aliphatic heterocycles. The summed E-state index contributed by atoms with van der Waals surface area (Å²) in [5.74, 6) is 0. The molecule has 1 atom stereocenters. The molecule has 0 spiro atoms. The molecule has 0 bridgehead atoms. The van der Waals surface area contributed by atoms with Crippen molar-refractivity contribution < 1.29 is 14.6 Å². The van der Waals surface area contributed by atoms with Gasteiger partial charge in [0.15, 0.2) is 0 Å². The molecule has 0 aliphatic rings. The second kappa shape index (κ2) is 5.82. The highest BCUT2D eigenvalue weighted by Crippen LogP contribution is 1.99. The van der Waals surface area contributed by atoms with Crippen molar-refractivity contribution in [3.8, 4) is 0 Å². The van der Waals surface area contributed by atoms with Crippen LogP contribution >= 0.6 is 0 Å². The van der Waals surface area contributed by atoms with Crippen molar-refractivity contribution in [3.05, 3.63) is 0 Å². The maximum absolute atomic E-state index is 11.1. The van der Waals surface area contributed by atoms with Gasteiger partial charge in [-0.3, -0.25) is 0 Å². The predicted octanol–water partition coefficient (Wildman–Crippen LogP) is 0.221. The molecule has 4 N–H and O–H groups in total. The monoisotopic (exact) mass is 204 g/mol. The molecule has 1 unspecified atom stereocenters. The average Bonchev–Trinajstić information content (AvgIpc) is 1.98. The molecule has 1 amide bonds. The first kappa shape index (κ1) is 13.2. The van der Waals surface area contributed by atoms with Gasteiger partial charge in [-0.05, 0) is 33.7 Å². The molecule has 84 valence electrons. The van der Waals surface area contributed by atoms with Gasteiger partial charge < -0.3 is 20.9 Å². The summed E-state index contributed by atoms with van der Waals surface area (Å²) in [5.41, 5.74) is 4.90. The average molecular weight is 204 g/mol. The van der Waals surface area contributed by atoms with Crippen LogP contribution in [-0.2, 0) is 4.74 Å². The fourth-order valence-electron chi connectivity index (χ4n) is 0.790. The first-order chi connectivity index (χ1) is 6.35. The van der Waals surface area contributed by atoms with Crippen LogP contribution in [0, 0.1) is 0 Å². The number of carbonyl (C=O) groups is 1. The Morgan fingerprint density at radius 2 is 2.14 bits per heavy atom. The lowest BCUT2D eigenvalue weighted by atomic mass is 10.1. The van der Waals surface area contributed by atoms with Crippen LogP contribution in [0.1, 0.15) is 27.2 Å². The summed E-state index contributed by atoms with van der Waals surface area (Å²) < 4.78 is 4.78. The molecule has 5 nitrogen and oxygen atoms in total. The van der Waals surface area contributed by atoms with Crippen LogP contribution in [0.2, 0.25) is 0 Å². The van der Waals surface area contributed by atoms with Crippen LogP contribution < -0.4 is 11.1 Å². The Hall–Kier alpha value is -0.810. The number of alkyl carbamates (subject to hydrolysis) is 1. The van der Waals surface area contributed by atoms with E-state index < -0.39 is 12.2 Å². The Morgan fingerprint density at radius 3 is 2.57 bits per heavy atom. The molecule has 0 fully saturated rings. The van der Waals surface area contributed by atoms with E-state index in [-0.39, 0.29) is 12.1 Å². The number of nitrogens with one attached hydrogen (secondary N) is 1. The molecule has 0 saturated heterocycles. The zero-order valence-electron chi connectivity index (χ0n) is 9.04. The van der Waals surface area contributed by atoms with Crippen LogP contribution in [0.25, 0.3) is 0 Å². The number of ether oxygens (including phenoxy) is 1. The summed E-state index contributed by atoms with van der Waals surface area (Å²) in [6.07, 6.45) is -0.762. The zero-order valence-corrected chi connectivity index (χ0v) is 9.04. The van der Waals surface area contributed by atoms with Gasteiger partial charge in [0.1, 0.15) is 6.61 Å². The summed E-state index contributed by atoms with van der Waals surface area (Å²) in [4.78, 5) is 11.1. The number of nitrogens with two attached hydrogens (primary N) is 1. The molecule has 0 saturated carbocycles. The van der Waals surface area contributed by atoms with Gasteiger partial charge in [0.05, 0.1) is 6.10 Å². The van der Waals surface area contributed by atoms with Gasteiger partial charge in [-0.1, -0.05) is 0 Å². The van der Waals surface area contributed by atoms with Crippen molar-refractivity contribution in [3.63, 3.8) is 0 Å². The molecule has 14 heavy (non-hydrogen) atoms. The predicted molar refractivity (Wildman–Crippen MR) is 53.9 cm³/mol. The third-order valence-corrected chi connectivity index (χ3v) is 1.38. The molecular weight excluding hydrogens is 184 g/mol. The maximum atomic E-state index is 11.1. The van der Waals surface area contributed by atoms with Crippen LogP contribution in [0.3, 0.4) is 0 Å².